The Morgan fingerprint density at radius 1 is 1.53 bits per heavy atom. The highest BCUT2D eigenvalue weighted by molar-refractivity contribution is 9.10. The van der Waals surface area contributed by atoms with Crippen LogP contribution in [0.25, 0.3) is 0 Å². The maximum atomic E-state index is 13.4. The van der Waals surface area contributed by atoms with E-state index < -0.39 is 0 Å². The Kier molecular flexibility index (Phi) is 4.98. The van der Waals surface area contributed by atoms with Gasteiger partial charge in [-0.15, -0.1) is 0 Å². The van der Waals surface area contributed by atoms with E-state index in [9.17, 15) is 4.39 Å². The monoisotopic (exact) mass is 290 g/mol. The first-order chi connectivity index (χ1) is 7.13. The largest absolute Gasteiger partial charge is 0.362 e. The summed E-state index contributed by atoms with van der Waals surface area (Å²) in [6.07, 6.45) is 0.977. The predicted molar refractivity (Wildman–Crippen MR) is 68.6 cm³/mol. The van der Waals surface area contributed by atoms with Gasteiger partial charge >= 0.3 is 0 Å². The fourth-order valence-electron chi connectivity index (χ4n) is 0.996. The first-order valence-corrected chi connectivity index (χ1v) is 5.83. The second-order valence-corrected chi connectivity index (χ2v) is 4.33. The van der Waals surface area contributed by atoms with Gasteiger partial charge in [0, 0.05) is 11.0 Å². The molecule has 0 aliphatic carbocycles. The fraction of sp³-hybridized carbons (Fsp3) is 0.300. The molecule has 0 unspecified atom stereocenters. The summed E-state index contributed by atoms with van der Waals surface area (Å²) in [5.41, 5.74) is 0.381. The number of rotatable bonds is 3. The predicted octanol–water partition coefficient (Wildman–Crippen LogP) is 3.28. The van der Waals surface area contributed by atoms with Crippen molar-refractivity contribution in [1.82, 2.24) is 5.32 Å². The molecule has 0 radical (unpaired) electrons. The molecule has 0 aliphatic heterocycles. The molecule has 2 N–H and O–H groups in total. The molecule has 15 heavy (non-hydrogen) atoms. The lowest BCUT2D eigenvalue weighted by Crippen LogP contribution is -2.29. The van der Waals surface area contributed by atoms with Gasteiger partial charge in [-0.3, -0.25) is 0 Å². The molecule has 5 heteroatoms. The Hall–Kier alpha value is -0.680. The Labute approximate surface area is 102 Å². The number of anilines is 1. The van der Waals surface area contributed by atoms with Crippen LogP contribution in [0.1, 0.15) is 13.3 Å². The quantitative estimate of drug-likeness (QED) is 0.836. The van der Waals surface area contributed by atoms with Crippen molar-refractivity contribution in [3.63, 3.8) is 0 Å². The summed E-state index contributed by atoms with van der Waals surface area (Å²) >= 11 is 8.18. The van der Waals surface area contributed by atoms with Crippen LogP contribution in [0.2, 0.25) is 0 Å². The summed E-state index contributed by atoms with van der Waals surface area (Å²) in [6.45, 7) is 2.82. The van der Waals surface area contributed by atoms with Gasteiger partial charge in [0.15, 0.2) is 5.11 Å². The lowest BCUT2D eigenvalue weighted by molar-refractivity contribution is 0.631. The molecule has 0 spiro atoms. The smallest absolute Gasteiger partial charge is 0.170 e. The zero-order chi connectivity index (χ0) is 11.3. The zero-order valence-corrected chi connectivity index (χ0v) is 10.7. The van der Waals surface area contributed by atoms with E-state index in [-0.39, 0.29) is 5.82 Å². The van der Waals surface area contributed by atoms with Gasteiger partial charge in [-0.2, -0.15) is 0 Å². The standard InChI is InChI=1S/C10H12BrFN2S/c1-2-5-13-10(15)14-9-4-3-7(11)6-8(9)12/h3-4,6H,2,5H2,1H3,(H2,13,14,15). The summed E-state index contributed by atoms with van der Waals surface area (Å²) in [7, 11) is 0. The van der Waals surface area contributed by atoms with Gasteiger partial charge in [-0.1, -0.05) is 22.9 Å². The zero-order valence-electron chi connectivity index (χ0n) is 8.31. The lowest BCUT2D eigenvalue weighted by atomic mass is 10.3. The van der Waals surface area contributed by atoms with E-state index in [1.54, 1.807) is 12.1 Å². The van der Waals surface area contributed by atoms with Crippen LogP contribution in [0.5, 0.6) is 0 Å². The van der Waals surface area contributed by atoms with Crippen LogP contribution in [0.4, 0.5) is 10.1 Å². The summed E-state index contributed by atoms with van der Waals surface area (Å²) < 4.78 is 14.1. The Morgan fingerprint density at radius 3 is 2.87 bits per heavy atom. The highest BCUT2D eigenvalue weighted by Gasteiger charge is 2.03. The second-order valence-electron chi connectivity index (χ2n) is 3.01. The van der Waals surface area contributed by atoms with Crippen molar-refractivity contribution in [3.8, 4) is 0 Å². The van der Waals surface area contributed by atoms with Gasteiger partial charge < -0.3 is 10.6 Å². The van der Waals surface area contributed by atoms with Crippen molar-refractivity contribution >= 4 is 38.9 Å². The summed E-state index contributed by atoms with van der Waals surface area (Å²) in [6, 6.07) is 4.79. The van der Waals surface area contributed by atoms with Crippen molar-refractivity contribution in [3.05, 3.63) is 28.5 Å². The van der Waals surface area contributed by atoms with E-state index >= 15 is 0 Å². The second kappa shape index (κ2) is 6.02. The lowest BCUT2D eigenvalue weighted by Gasteiger charge is -2.10. The van der Waals surface area contributed by atoms with E-state index in [4.69, 9.17) is 12.2 Å². The van der Waals surface area contributed by atoms with Crippen molar-refractivity contribution < 1.29 is 4.39 Å². The van der Waals surface area contributed by atoms with Crippen LogP contribution < -0.4 is 10.6 Å². The highest BCUT2D eigenvalue weighted by Crippen LogP contribution is 2.19. The van der Waals surface area contributed by atoms with E-state index in [0.717, 1.165) is 13.0 Å². The molecule has 0 bridgehead atoms. The molecule has 0 aromatic heterocycles. The molecule has 1 aromatic carbocycles. The number of thiocarbonyl (C=S) groups is 1. The van der Waals surface area contributed by atoms with Crippen molar-refractivity contribution in [2.45, 2.75) is 13.3 Å². The van der Waals surface area contributed by atoms with Crippen LogP contribution in [-0.4, -0.2) is 11.7 Å². The Morgan fingerprint density at radius 2 is 2.27 bits per heavy atom. The third kappa shape index (κ3) is 4.13. The van der Waals surface area contributed by atoms with Gasteiger partial charge in [-0.05, 0) is 36.8 Å². The third-order valence-electron chi connectivity index (χ3n) is 1.71. The molecule has 1 aromatic rings. The van der Waals surface area contributed by atoms with Crippen LogP contribution >= 0.6 is 28.1 Å². The van der Waals surface area contributed by atoms with Crippen LogP contribution in [0.3, 0.4) is 0 Å². The number of hydrogen-bond donors (Lipinski definition) is 2. The van der Waals surface area contributed by atoms with Crippen molar-refractivity contribution in [2.75, 3.05) is 11.9 Å². The SMILES string of the molecule is CCCNC(=S)Nc1ccc(Br)cc1F. The minimum atomic E-state index is -0.329. The summed E-state index contributed by atoms with van der Waals surface area (Å²) in [5, 5.41) is 6.20. The molecule has 2 nitrogen and oxygen atoms in total. The molecule has 0 saturated carbocycles. The van der Waals surface area contributed by atoms with Crippen molar-refractivity contribution in [1.29, 1.82) is 0 Å². The topological polar surface area (TPSA) is 24.1 Å². The van der Waals surface area contributed by atoms with Gasteiger partial charge in [-0.25, -0.2) is 4.39 Å². The maximum Gasteiger partial charge on any atom is 0.170 e. The normalized spacial score (nSPS) is 9.80. The minimum Gasteiger partial charge on any atom is -0.362 e. The van der Waals surface area contributed by atoms with Crippen molar-refractivity contribution in [2.24, 2.45) is 0 Å². The number of benzene rings is 1. The summed E-state index contributed by atoms with van der Waals surface area (Å²) in [5.74, 6) is -0.329. The Balaban J connectivity index is 2.60. The maximum absolute atomic E-state index is 13.4. The number of nitrogens with one attached hydrogen (secondary N) is 2. The van der Waals surface area contributed by atoms with E-state index in [0.29, 0.717) is 15.3 Å². The molecule has 0 heterocycles. The average molecular weight is 291 g/mol. The van der Waals surface area contributed by atoms with E-state index in [2.05, 4.69) is 26.6 Å². The Bertz CT molecular complexity index is 357. The van der Waals surface area contributed by atoms with Gasteiger partial charge in [0.1, 0.15) is 5.82 Å². The minimum absolute atomic E-state index is 0.329. The average Bonchev–Trinajstić information content (AvgIpc) is 2.19. The molecule has 0 amide bonds. The van der Waals surface area contributed by atoms with Gasteiger partial charge in [0.25, 0.3) is 0 Å². The molecule has 0 fully saturated rings. The third-order valence-corrected chi connectivity index (χ3v) is 2.45. The number of hydrogen-bond acceptors (Lipinski definition) is 1. The molecular formula is C10H12BrFN2S. The highest BCUT2D eigenvalue weighted by atomic mass is 79.9. The first kappa shape index (κ1) is 12.4. The molecule has 0 saturated heterocycles. The van der Waals surface area contributed by atoms with Crippen LogP contribution in [-0.2, 0) is 0 Å². The molecule has 1 rings (SSSR count). The van der Waals surface area contributed by atoms with Gasteiger partial charge in [0.05, 0.1) is 5.69 Å². The van der Waals surface area contributed by atoms with Crippen LogP contribution in [0, 0.1) is 5.82 Å². The fourth-order valence-corrected chi connectivity index (χ4v) is 1.54. The number of halogens is 2. The molecular weight excluding hydrogens is 279 g/mol. The molecule has 0 aliphatic rings. The molecule has 0 atom stereocenters. The first-order valence-electron chi connectivity index (χ1n) is 4.63. The van der Waals surface area contributed by atoms with E-state index in [1.165, 1.54) is 6.07 Å². The molecule has 82 valence electrons. The van der Waals surface area contributed by atoms with Gasteiger partial charge in [0.2, 0.25) is 0 Å². The van der Waals surface area contributed by atoms with Crippen LogP contribution in [0.15, 0.2) is 22.7 Å². The summed E-state index contributed by atoms with van der Waals surface area (Å²) in [4.78, 5) is 0. The van der Waals surface area contributed by atoms with E-state index in [1.807, 2.05) is 6.92 Å².